The highest BCUT2D eigenvalue weighted by atomic mass is 32.2. The monoisotopic (exact) mass is 305 g/mol. The first-order valence-electron chi connectivity index (χ1n) is 6.84. The minimum Gasteiger partial charge on any atom is -0.313 e. The molecule has 1 aromatic carbocycles. The summed E-state index contributed by atoms with van der Waals surface area (Å²) in [5, 5.41) is 3.28. The van der Waals surface area contributed by atoms with Gasteiger partial charge < -0.3 is 5.32 Å². The number of nitrogens with one attached hydrogen (secondary N) is 2. The molecule has 112 valence electrons. The molecule has 0 saturated carbocycles. The van der Waals surface area contributed by atoms with Crippen molar-refractivity contribution in [3.05, 3.63) is 54.4 Å². The van der Waals surface area contributed by atoms with Crippen molar-refractivity contribution in [3.63, 3.8) is 0 Å². The zero-order valence-electron chi connectivity index (χ0n) is 11.9. The van der Waals surface area contributed by atoms with E-state index in [9.17, 15) is 8.42 Å². The van der Waals surface area contributed by atoms with E-state index in [1.807, 2.05) is 12.1 Å². The van der Waals surface area contributed by atoms with Crippen molar-refractivity contribution >= 4 is 15.7 Å². The van der Waals surface area contributed by atoms with Gasteiger partial charge in [-0.25, -0.2) is 8.42 Å². The fourth-order valence-corrected chi connectivity index (χ4v) is 2.88. The smallest absolute Gasteiger partial charge is 0.261 e. The first kappa shape index (κ1) is 15.5. The van der Waals surface area contributed by atoms with Gasteiger partial charge in [-0.05, 0) is 42.8 Å². The summed E-state index contributed by atoms with van der Waals surface area (Å²) in [4.78, 5) is 4.12. The zero-order valence-corrected chi connectivity index (χ0v) is 12.7. The van der Waals surface area contributed by atoms with Crippen LogP contribution in [0.4, 0.5) is 5.69 Å². The number of rotatable bonds is 7. The lowest BCUT2D eigenvalue weighted by Gasteiger charge is -2.08. The summed E-state index contributed by atoms with van der Waals surface area (Å²) in [7, 11) is -3.57. The predicted octanol–water partition coefficient (Wildman–Crippen LogP) is 2.38. The third-order valence-electron chi connectivity index (χ3n) is 2.90. The predicted molar refractivity (Wildman–Crippen MR) is 83.5 cm³/mol. The molecule has 21 heavy (non-hydrogen) atoms. The summed E-state index contributed by atoms with van der Waals surface area (Å²) in [6.07, 6.45) is 4.14. The van der Waals surface area contributed by atoms with Gasteiger partial charge in [0.05, 0.1) is 16.8 Å². The molecule has 0 aliphatic rings. The van der Waals surface area contributed by atoms with E-state index in [1.165, 1.54) is 6.20 Å². The van der Waals surface area contributed by atoms with Gasteiger partial charge in [0.15, 0.2) is 0 Å². The van der Waals surface area contributed by atoms with Gasteiger partial charge in [0.1, 0.15) is 0 Å². The molecule has 6 heteroatoms. The standard InChI is InChI=1S/C15H19N3O2S/c1-2-9-16-11-13-5-7-15(8-6-13)21(19,20)18-14-4-3-10-17-12-14/h3-8,10,12,16,18H,2,9,11H2,1H3. The van der Waals surface area contributed by atoms with Crippen LogP contribution in [0.5, 0.6) is 0 Å². The maximum Gasteiger partial charge on any atom is 0.261 e. The van der Waals surface area contributed by atoms with Crippen LogP contribution in [0.1, 0.15) is 18.9 Å². The second kappa shape index (κ2) is 7.19. The molecule has 2 rings (SSSR count). The van der Waals surface area contributed by atoms with E-state index in [4.69, 9.17) is 0 Å². The van der Waals surface area contributed by atoms with E-state index in [1.54, 1.807) is 30.5 Å². The molecule has 1 heterocycles. The van der Waals surface area contributed by atoms with Crippen molar-refractivity contribution in [2.45, 2.75) is 24.8 Å². The van der Waals surface area contributed by atoms with Crippen LogP contribution in [0.2, 0.25) is 0 Å². The second-order valence-corrected chi connectivity index (χ2v) is 6.35. The van der Waals surface area contributed by atoms with Gasteiger partial charge in [-0.3, -0.25) is 9.71 Å². The van der Waals surface area contributed by atoms with E-state index < -0.39 is 10.0 Å². The number of sulfonamides is 1. The molecule has 5 nitrogen and oxygen atoms in total. The summed E-state index contributed by atoms with van der Waals surface area (Å²) in [6.45, 7) is 3.79. The van der Waals surface area contributed by atoms with Crippen molar-refractivity contribution in [3.8, 4) is 0 Å². The van der Waals surface area contributed by atoms with Gasteiger partial charge >= 0.3 is 0 Å². The van der Waals surface area contributed by atoms with Gasteiger partial charge in [-0.1, -0.05) is 19.1 Å². The number of aromatic nitrogens is 1. The first-order chi connectivity index (χ1) is 10.1. The van der Waals surface area contributed by atoms with E-state index in [0.29, 0.717) is 5.69 Å². The Hall–Kier alpha value is -1.92. The van der Waals surface area contributed by atoms with Crippen molar-refractivity contribution in [2.75, 3.05) is 11.3 Å². The fraction of sp³-hybridized carbons (Fsp3) is 0.267. The fourth-order valence-electron chi connectivity index (χ4n) is 1.83. The second-order valence-electron chi connectivity index (χ2n) is 4.67. The summed E-state index contributed by atoms with van der Waals surface area (Å²) in [5.74, 6) is 0. The Labute approximate surface area is 125 Å². The quantitative estimate of drug-likeness (QED) is 0.771. The average molecular weight is 305 g/mol. The minimum absolute atomic E-state index is 0.241. The van der Waals surface area contributed by atoms with Gasteiger partial charge in [0.25, 0.3) is 10.0 Å². The highest BCUT2D eigenvalue weighted by Crippen LogP contribution is 2.15. The SMILES string of the molecule is CCCNCc1ccc(S(=O)(=O)Nc2cccnc2)cc1. The number of hydrogen-bond donors (Lipinski definition) is 2. The van der Waals surface area contributed by atoms with E-state index in [2.05, 4.69) is 21.9 Å². The maximum absolute atomic E-state index is 12.2. The van der Waals surface area contributed by atoms with Crippen molar-refractivity contribution in [2.24, 2.45) is 0 Å². The molecular formula is C15H19N3O2S. The number of nitrogens with zero attached hydrogens (tertiary/aromatic N) is 1. The Balaban J connectivity index is 2.06. The molecule has 2 N–H and O–H groups in total. The topological polar surface area (TPSA) is 71.1 Å². The Bertz CT molecular complexity index is 655. The van der Waals surface area contributed by atoms with E-state index in [-0.39, 0.29) is 4.90 Å². The van der Waals surface area contributed by atoms with E-state index in [0.717, 1.165) is 25.1 Å². The molecule has 0 fully saturated rings. The van der Waals surface area contributed by atoms with Crippen LogP contribution in [0, 0.1) is 0 Å². The Morgan fingerprint density at radius 3 is 2.52 bits per heavy atom. The highest BCUT2D eigenvalue weighted by Gasteiger charge is 2.13. The lowest BCUT2D eigenvalue weighted by atomic mass is 10.2. The number of pyridine rings is 1. The Kier molecular flexibility index (Phi) is 5.30. The molecule has 0 bridgehead atoms. The Morgan fingerprint density at radius 1 is 1.14 bits per heavy atom. The molecule has 0 spiro atoms. The van der Waals surface area contributed by atoms with Crippen molar-refractivity contribution in [1.29, 1.82) is 0 Å². The molecule has 0 aliphatic carbocycles. The molecule has 2 aromatic rings. The molecule has 0 aliphatic heterocycles. The third-order valence-corrected chi connectivity index (χ3v) is 4.30. The van der Waals surface area contributed by atoms with Gasteiger partial charge in [0, 0.05) is 12.7 Å². The average Bonchev–Trinajstić information content (AvgIpc) is 2.49. The van der Waals surface area contributed by atoms with Gasteiger partial charge in [-0.2, -0.15) is 0 Å². The lowest BCUT2D eigenvalue weighted by Crippen LogP contribution is -2.15. The van der Waals surface area contributed by atoms with Crippen LogP contribution >= 0.6 is 0 Å². The third kappa shape index (κ3) is 4.54. The molecule has 0 atom stereocenters. The van der Waals surface area contributed by atoms with Crippen LogP contribution < -0.4 is 10.0 Å². The minimum atomic E-state index is -3.57. The normalized spacial score (nSPS) is 11.3. The maximum atomic E-state index is 12.2. The van der Waals surface area contributed by atoms with E-state index >= 15 is 0 Å². The Morgan fingerprint density at radius 2 is 1.90 bits per heavy atom. The summed E-state index contributed by atoms with van der Waals surface area (Å²) in [5.41, 5.74) is 1.51. The van der Waals surface area contributed by atoms with Crippen LogP contribution in [-0.4, -0.2) is 19.9 Å². The largest absolute Gasteiger partial charge is 0.313 e. The lowest BCUT2D eigenvalue weighted by molar-refractivity contribution is 0.601. The van der Waals surface area contributed by atoms with Gasteiger partial charge in [-0.15, -0.1) is 0 Å². The first-order valence-corrected chi connectivity index (χ1v) is 8.32. The van der Waals surface area contributed by atoms with Crippen LogP contribution in [0.3, 0.4) is 0 Å². The number of hydrogen-bond acceptors (Lipinski definition) is 4. The van der Waals surface area contributed by atoms with Gasteiger partial charge in [0.2, 0.25) is 0 Å². The van der Waals surface area contributed by atoms with Crippen LogP contribution in [0.25, 0.3) is 0 Å². The zero-order chi connectivity index (χ0) is 15.1. The number of anilines is 1. The van der Waals surface area contributed by atoms with Crippen molar-refractivity contribution < 1.29 is 8.42 Å². The highest BCUT2D eigenvalue weighted by molar-refractivity contribution is 7.92. The van der Waals surface area contributed by atoms with Crippen LogP contribution in [0.15, 0.2) is 53.7 Å². The summed E-state index contributed by atoms with van der Waals surface area (Å²) >= 11 is 0. The number of benzene rings is 1. The molecule has 0 saturated heterocycles. The molecule has 0 unspecified atom stereocenters. The molecular weight excluding hydrogens is 286 g/mol. The van der Waals surface area contributed by atoms with Crippen LogP contribution in [-0.2, 0) is 16.6 Å². The molecule has 1 aromatic heterocycles. The summed E-state index contributed by atoms with van der Waals surface area (Å²) < 4.78 is 26.9. The summed E-state index contributed by atoms with van der Waals surface area (Å²) in [6, 6.07) is 10.2. The molecule has 0 amide bonds. The molecule has 0 radical (unpaired) electrons. The van der Waals surface area contributed by atoms with Crippen molar-refractivity contribution in [1.82, 2.24) is 10.3 Å².